The number of hydrogen-bond donors (Lipinski definition) is 0. The molecule has 2 heterocycles. The van der Waals surface area contributed by atoms with Crippen LogP contribution in [-0.2, 0) is 11.2 Å². The quantitative estimate of drug-likeness (QED) is 0.758. The Morgan fingerprint density at radius 1 is 1.25 bits per heavy atom. The zero-order chi connectivity index (χ0) is 13.6. The van der Waals surface area contributed by atoms with Gasteiger partial charge in [0, 0.05) is 18.9 Å². The number of nitrogens with zero attached hydrogens (tertiary/aromatic N) is 2. The van der Waals surface area contributed by atoms with Gasteiger partial charge in [0.05, 0.1) is 13.2 Å². The number of rotatable bonds is 6. The molecule has 0 radical (unpaired) electrons. The summed E-state index contributed by atoms with van der Waals surface area (Å²) in [5.41, 5.74) is 0. The molecule has 5 nitrogen and oxygen atoms in total. The summed E-state index contributed by atoms with van der Waals surface area (Å²) in [7, 11) is 0. The van der Waals surface area contributed by atoms with Crippen LogP contribution in [-0.4, -0.2) is 30.0 Å². The molecule has 0 saturated carbocycles. The summed E-state index contributed by atoms with van der Waals surface area (Å²) < 4.78 is 16.2. The van der Waals surface area contributed by atoms with Crippen LogP contribution in [0.1, 0.15) is 30.5 Å². The van der Waals surface area contributed by atoms with E-state index in [-0.39, 0.29) is 0 Å². The van der Waals surface area contributed by atoms with Crippen LogP contribution in [0.4, 0.5) is 0 Å². The van der Waals surface area contributed by atoms with Gasteiger partial charge in [-0.25, -0.2) is 0 Å². The molecule has 5 heteroatoms. The average molecular weight is 274 g/mol. The van der Waals surface area contributed by atoms with Crippen LogP contribution in [0.3, 0.4) is 0 Å². The Morgan fingerprint density at radius 3 is 2.95 bits per heavy atom. The van der Waals surface area contributed by atoms with Gasteiger partial charge >= 0.3 is 0 Å². The fourth-order valence-electron chi connectivity index (χ4n) is 2.20. The van der Waals surface area contributed by atoms with Crippen molar-refractivity contribution in [1.29, 1.82) is 0 Å². The zero-order valence-electron chi connectivity index (χ0n) is 11.3. The molecule has 1 fully saturated rings. The van der Waals surface area contributed by atoms with E-state index in [1.807, 2.05) is 30.3 Å². The molecule has 2 aromatic rings. The van der Waals surface area contributed by atoms with E-state index in [0.717, 1.165) is 37.4 Å². The lowest BCUT2D eigenvalue weighted by molar-refractivity contribution is 0.192. The van der Waals surface area contributed by atoms with Crippen molar-refractivity contribution >= 4 is 0 Å². The summed E-state index contributed by atoms with van der Waals surface area (Å²) in [5.74, 6) is 2.65. The van der Waals surface area contributed by atoms with Crippen molar-refractivity contribution in [2.24, 2.45) is 0 Å². The number of para-hydroxylation sites is 1. The van der Waals surface area contributed by atoms with E-state index in [4.69, 9.17) is 14.0 Å². The van der Waals surface area contributed by atoms with Crippen LogP contribution in [0.15, 0.2) is 34.9 Å². The minimum atomic E-state index is 0.299. The van der Waals surface area contributed by atoms with E-state index in [2.05, 4.69) is 10.1 Å². The second-order valence-corrected chi connectivity index (χ2v) is 4.87. The van der Waals surface area contributed by atoms with E-state index in [1.165, 1.54) is 0 Å². The summed E-state index contributed by atoms with van der Waals surface area (Å²) in [6.45, 7) is 2.14. The predicted octanol–water partition coefficient (Wildman–Crippen LogP) is 2.59. The first-order valence-corrected chi connectivity index (χ1v) is 7.00. The monoisotopic (exact) mass is 274 g/mol. The zero-order valence-corrected chi connectivity index (χ0v) is 11.3. The molecule has 106 valence electrons. The minimum Gasteiger partial charge on any atom is -0.494 e. The SMILES string of the molecule is c1ccc(OCCCc2nc([C@@H]3CCOC3)no2)cc1. The number of hydrogen-bond acceptors (Lipinski definition) is 5. The van der Waals surface area contributed by atoms with Crippen LogP contribution in [0.5, 0.6) is 5.75 Å². The molecule has 0 amide bonds. The summed E-state index contributed by atoms with van der Waals surface area (Å²) >= 11 is 0. The van der Waals surface area contributed by atoms with Gasteiger partial charge < -0.3 is 14.0 Å². The molecule has 0 aliphatic carbocycles. The normalized spacial score (nSPS) is 18.3. The highest BCUT2D eigenvalue weighted by Crippen LogP contribution is 2.22. The second-order valence-electron chi connectivity index (χ2n) is 4.87. The van der Waals surface area contributed by atoms with Crippen molar-refractivity contribution in [3.8, 4) is 5.75 Å². The van der Waals surface area contributed by atoms with Gasteiger partial charge in [-0.05, 0) is 25.0 Å². The lowest BCUT2D eigenvalue weighted by Gasteiger charge is -2.03. The molecule has 0 bridgehead atoms. The van der Waals surface area contributed by atoms with Crippen LogP contribution >= 0.6 is 0 Å². The van der Waals surface area contributed by atoms with E-state index >= 15 is 0 Å². The van der Waals surface area contributed by atoms with Crippen LogP contribution in [0.2, 0.25) is 0 Å². The van der Waals surface area contributed by atoms with Crippen molar-refractivity contribution in [3.05, 3.63) is 42.0 Å². The number of ether oxygens (including phenoxy) is 2. The molecule has 0 N–H and O–H groups in total. The summed E-state index contributed by atoms with van der Waals surface area (Å²) in [4.78, 5) is 4.42. The highest BCUT2D eigenvalue weighted by atomic mass is 16.5. The van der Waals surface area contributed by atoms with Crippen LogP contribution in [0, 0.1) is 0 Å². The van der Waals surface area contributed by atoms with Gasteiger partial charge in [-0.15, -0.1) is 0 Å². The van der Waals surface area contributed by atoms with E-state index in [0.29, 0.717) is 25.0 Å². The maximum atomic E-state index is 5.62. The fraction of sp³-hybridized carbons (Fsp3) is 0.467. The van der Waals surface area contributed by atoms with Crippen molar-refractivity contribution in [2.45, 2.75) is 25.2 Å². The largest absolute Gasteiger partial charge is 0.494 e. The molecule has 1 aliphatic rings. The van der Waals surface area contributed by atoms with Gasteiger partial charge in [0.1, 0.15) is 5.75 Å². The highest BCUT2D eigenvalue weighted by Gasteiger charge is 2.22. The third-order valence-electron chi connectivity index (χ3n) is 3.33. The van der Waals surface area contributed by atoms with Gasteiger partial charge in [0.2, 0.25) is 5.89 Å². The Labute approximate surface area is 117 Å². The number of benzene rings is 1. The molecule has 1 aromatic carbocycles. The lowest BCUT2D eigenvalue weighted by Crippen LogP contribution is -2.01. The topological polar surface area (TPSA) is 57.4 Å². The predicted molar refractivity (Wildman–Crippen MR) is 72.7 cm³/mol. The maximum Gasteiger partial charge on any atom is 0.226 e. The Kier molecular flexibility index (Phi) is 4.28. The molecular weight excluding hydrogens is 256 g/mol. The molecule has 1 aliphatic heterocycles. The molecule has 0 unspecified atom stereocenters. The number of aryl methyl sites for hydroxylation is 1. The van der Waals surface area contributed by atoms with Crippen molar-refractivity contribution < 1.29 is 14.0 Å². The Hall–Kier alpha value is -1.88. The first-order valence-electron chi connectivity index (χ1n) is 7.00. The first kappa shape index (κ1) is 13.1. The standard InChI is InChI=1S/C15H18N2O3/c1-2-5-13(6-3-1)19-9-4-7-14-16-15(17-20-14)12-8-10-18-11-12/h1-3,5-6,12H,4,7-11H2/t12-/m1/s1. The Morgan fingerprint density at radius 2 is 2.15 bits per heavy atom. The van der Waals surface area contributed by atoms with Crippen LogP contribution < -0.4 is 4.74 Å². The van der Waals surface area contributed by atoms with Gasteiger partial charge in [-0.3, -0.25) is 0 Å². The average Bonchev–Trinajstić information content (AvgIpc) is 3.15. The molecule has 3 rings (SSSR count). The highest BCUT2D eigenvalue weighted by molar-refractivity contribution is 5.20. The third-order valence-corrected chi connectivity index (χ3v) is 3.33. The first-order chi connectivity index (χ1) is 9.92. The fourth-order valence-corrected chi connectivity index (χ4v) is 2.20. The van der Waals surface area contributed by atoms with Crippen molar-refractivity contribution in [1.82, 2.24) is 10.1 Å². The molecule has 1 atom stereocenters. The van der Waals surface area contributed by atoms with Gasteiger partial charge in [0.25, 0.3) is 0 Å². The molecule has 20 heavy (non-hydrogen) atoms. The summed E-state index contributed by atoms with van der Waals surface area (Å²) in [6, 6.07) is 9.79. The molecule has 1 saturated heterocycles. The molecular formula is C15H18N2O3. The summed E-state index contributed by atoms with van der Waals surface area (Å²) in [5, 5.41) is 4.03. The van der Waals surface area contributed by atoms with Crippen molar-refractivity contribution in [2.75, 3.05) is 19.8 Å². The smallest absolute Gasteiger partial charge is 0.226 e. The number of aromatic nitrogens is 2. The minimum absolute atomic E-state index is 0.299. The van der Waals surface area contributed by atoms with Gasteiger partial charge in [-0.2, -0.15) is 4.98 Å². The van der Waals surface area contributed by atoms with E-state index < -0.39 is 0 Å². The Bertz CT molecular complexity index is 521. The molecule has 1 aromatic heterocycles. The summed E-state index contributed by atoms with van der Waals surface area (Å²) in [6.07, 6.45) is 2.58. The lowest BCUT2D eigenvalue weighted by atomic mass is 10.1. The van der Waals surface area contributed by atoms with Gasteiger partial charge in [-0.1, -0.05) is 23.4 Å². The third kappa shape index (κ3) is 3.36. The van der Waals surface area contributed by atoms with Crippen LogP contribution in [0.25, 0.3) is 0 Å². The van der Waals surface area contributed by atoms with E-state index in [9.17, 15) is 0 Å². The van der Waals surface area contributed by atoms with Crippen molar-refractivity contribution in [3.63, 3.8) is 0 Å². The maximum absolute atomic E-state index is 5.62. The Balaban J connectivity index is 1.42. The second kappa shape index (κ2) is 6.52. The van der Waals surface area contributed by atoms with E-state index in [1.54, 1.807) is 0 Å². The van der Waals surface area contributed by atoms with Gasteiger partial charge in [0.15, 0.2) is 5.82 Å². The molecule has 0 spiro atoms.